The van der Waals surface area contributed by atoms with Crippen LogP contribution in [0.5, 0.6) is 0 Å². The maximum atomic E-state index is 11.6. The number of benzene rings is 1. The Bertz CT molecular complexity index is 557. The predicted octanol–water partition coefficient (Wildman–Crippen LogP) is 2.20. The van der Waals surface area contributed by atoms with Crippen LogP contribution in [0.1, 0.15) is 17.5 Å². The number of sulfone groups is 1. The van der Waals surface area contributed by atoms with Gasteiger partial charge in [-0.15, -0.1) is 0 Å². The van der Waals surface area contributed by atoms with Crippen LogP contribution in [0.4, 0.5) is 0 Å². The highest BCUT2D eigenvalue weighted by Gasteiger charge is 2.33. The summed E-state index contributed by atoms with van der Waals surface area (Å²) in [6.45, 7) is 2.50. The monoisotopic (exact) mass is 301 g/mol. The Balaban J connectivity index is 2.11. The van der Waals surface area contributed by atoms with Crippen LogP contribution in [0.2, 0.25) is 5.02 Å². The van der Waals surface area contributed by atoms with Crippen LogP contribution in [0, 0.1) is 18.8 Å². The lowest BCUT2D eigenvalue weighted by Gasteiger charge is -2.21. The average Bonchev–Trinajstić information content (AvgIpc) is 2.69. The summed E-state index contributed by atoms with van der Waals surface area (Å²) in [4.78, 5) is 0. The number of aryl methyl sites for hydroxylation is 1. The van der Waals surface area contributed by atoms with Crippen molar-refractivity contribution in [1.29, 1.82) is 0 Å². The predicted molar refractivity (Wildman–Crippen MR) is 79.2 cm³/mol. The van der Waals surface area contributed by atoms with Crippen molar-refractivity contribution >= 4 is 21.4 Å². The van der Waals surface area contributed by atoms with E-state index in [0.717, 1.165) is 29.0 Å². The molecule has 1 fully saturated rings. The van der Waals surface area contributed by atoms with Crippen LogP contribution in [-0.4, -0.2) is 26.5 Å². The first-order valence-electron chi connectivity index (χ1n) is 6.57. The van der Waals surface area contributed by atoms with Gasteiger partial charge in [0.2, 0.25) is 0 Å². The van der Waals surface area contributed by atoms with E-state index in [0.29, 0.717) is 12.3 Å². The molecule has 0 radical (unpaired) electrons. The van der Waals surface area contributed by atoms with Gasteiger partial charge in [0, 0.05) is 5.02 Å². The first-order valence-corrected chi connectivity index (χ1v) is 8.77. The van der Waals surface area contributed by atoms with Gasteiger partial charge >= 0.3 is 0 Å². The van der Waals surface area contributed by atoms with Gasteiger partial charge in [0.25, 0.3) is 0 Å². The molecule has 1 aromatic rings. The fraction of sp³-hybridized carbons (Fsp3) is 0.571. The molecule has 3 nitrogen and oxygen atoms in total. The second kappa shape index (κ2) is 5.81. The van der Waals surface area contributed by atoms with E-state index >= 15 is 0 Å². The third kappa shape index (κ3) is 3.71. The van der Waals surface area contributed by atoms with Crippen LogP contribution in [0.3, 0.4) is 0 Å². The lowest BCUT2D eigenvalue weighted by atomic mass is 9.86. The van der Waals surface area contributed by atoms with Crippen molar-refractivity contribution in [2.75, 3.05) is 18.1 Å². The van der Waals surface area contributed by atoms with Gasteiger partial charge in [-0.25, -0.2) is 8.42 Å². The molecule has 0 amide bonds. The molecule has 1 heterocycles. The molecular weight excluding hydrogens is 282 g/mol. The Hall–Kier alpha value is -0.580. The Morgan fingerprint density at radius 3 is 2.74 bits per heavy atom. The molecule has 2 unspecified atom stereocenters. The van der Waals surface area contributed by atoms with E-state index in [1.165, 1.54) is 0 Å². The maximum Gasteiger partial charge on any atom is 0.150 e. The molecule has 0 aromatic heterocycles. The van der Waals surface area contributed by atoms with Crippen molar-refractivity contribution in [2.45, 2.75) is 19.8 Å². The minimum Gasteiger partial charge on any atom is -0.330 e. The first kappa shape index (κ1) is 14.8. The topological polar surface area (TPSA) is 60.2 Å². The molecule has 106 valence electrons. The molecule has 2 N–H and O–H groups in total. The second-order valence-electron chi connectivity index (χ2n) is 5.46. The standard InChI is InChI=1S/C14H20ClNO2S/c1-10-2-3-11(14(15)6-10)7-13(8-16)12-4-5-19(17,18)9-12/h2-3,6,12-13H,4-5,7-9,16H2,1H3. The molecule has 0 aliphatic carbocycles. The van der Waals surface area contributed by atoms with Gasteiger partial charge in [-0.1, -0.05) is 23.7 Å². The van der Waals surface area contributed by atoms with E-state index in [2.05, 4.69) is 0 Å². The van der Waals surface area contributed by atoms with Gasteiger partial charge in [-0.2, -0.15) is 0 Å². The van der Waals surface area contributed by atoms with Gasteiger partial charge in [0.15, 0.2) is 9.84 Å². The molecule has 2 rings (SSSR count). The fourth-order valence-electron chi connectivity index (χ4n) is 2.74. The third-order valence-electron chi connectivity index (χ3n) is 3.93. The quantitative estimate of drug-likeness (QED) is 0.927. The van der Waals surface area contributed by atoms with Crippen molar-refractivity contribution < 1.29 is 8.42 Å². The summed E-state index contributed by atoms with van der Waals surface area (Å²) in [7, 11) is -2.85. The highest BCUT2D eigenvalue weighted by Crippen LogP contribution is 2.30. The van der Waals surface area contributed by atoms with Crippen LogP contribution in [0.15, 0.2) is 18.2 Å². The maximum absolute atomic E-state index is 11.6. The number of hydrogen-bond donors (Lipinski definition) is 1. The summed E-state index contributed by atoms with van der Waals surface area (Å²) in [5.74, 6) is 0.943. The molecule has 1 aliphatic heterocycles. The number of rotatable bonds is 4. The van der Waals surface area contributed by atoms with E-state index in [9.17, 15) is 8.42 Å². The van der Waals surface area contributed by atoms with Crippen LogP contribution >= 0.6 is 11.6 Å². The normalized spacial score (nSPS) is 23.4. The van der Waals surface area contributed by atoms with Crippen molar-refractivity contribution in [2.24, 2.45) is 17.6 Å². The summed E-state index contributed by atoms with van der Waals surface area (Å²) in [6, 6.07) is 5.99. The summed E-state index contributed by atoms with van der Waals surface area (Å²) < 4.78 is 23.1. The summed E-state index contributed by atoms with van der Waals surface area (Å²) >= 11 is 6.23. The van der Waals surface area contributed by atoms with Crippen LogP contribution in [0.25, 0.3) is 0 Å². The Morgan fingerprint density at radius 2 is 2.21 bits per heavy atom. The van der Waals surface area contributed by atoms with Gasteiger partial charge in [-0.3, -0.25) is 0 Å². The molecule has 2 atom stereocenters. The molecule has 0 saturated carbocycles. The Morgan fingerprint density at radius 1 is 1.47 bits per heavy atom. The van der Waals surface area contributed by atoms with Gasteiger partial charge in [-0.05, 0) is 55.3 Å². The van der Waals surface area contributed by atoms with E-state index in [-0.39, 0.29) is 17.6 Å². The van der Waals surface area contributed by atoms with Gasteiger partial charge < -0.3 is 5.73 Å². The van der Waals surface area contributed by atoms with Crippen molar-refractivity contribution in [3.05, 3.63) is 34.3 Å². The highest BCUT2D eigenvalue weighted by molar-refractivity contribution is 7.91. The highest BCUT2D eigenvalue weighted by atomic mass is 35.5. The van der Waals surface area contributed by atoms with E-state index in [1.807, 2.05) is 25.1 Å². The zero-order valence-electron chi connectivity index (χ0n) is 11.1. The minimum atomic E-state index is -2.85. The molecule has 1 aliphatic rings. The lowest BCUT2D eigenvalue weighted by Crippen LogP contribution is -2.26. The molecule has 0 bridgehead atoms. The third-order valence-corrected chi connectivity index (χ3v) is 6.07. The summed E-state index contributed by atoms with van der Waals surface area (Å²) in [5.41, 5.74) is 8.02. The van der Waals surface area contributed by atoms with Crippen LogP contribution < -0.4 is 5.73 Å². The number of hydrogen-bond acceptors (Lipinski definition) is 3. The zero-order chi connectivity index (χ0) is 14.0. The molecule has 0 spiro atoms. The molecule has 5 heteroatoms. The summed E-state index contributed by atoms with van der Waals surface area (Å²) in [5, 5.41) is 0.749. The van der Waals surface area contributed by atoms with Gasteiger partial charge in [0.1, 0.15) is 0 Å². The fourth-order valence-corrected chi connectivity index (χ4v) is 4.97. The number of halogens is 1. The van der Waals surface area contributed by atoms with Gasteiger partial charge in [0.05, 0.1) is 11.5 Å². The molecule has 19 heavy (non-hydrogen) atoms. The zero-order valence-corrected chi connectivity index (χ0v) is 12.7. The molecule has 1 saturated heterocycles. The van der Waals surface area contributed by atoms with Crippen LogP contribution in [-0.2, 0) is 16.3 Å². The largest absolute Gasteiger partial charge is 0.330 e. The Kier molecular flexibility index (Phi) is 4.54. The second-order valence-corrected chi connectivity index (χ2v) is 8.09. The van der Waals surface area contributed by atoms with Crippen molar-refractivity contribution in [1.82, 2.24) is 0 Å². The molecule has 1 aromatic carbocycles. The average molecular weight is 302 g/mol. The van der Waals surface area contributed by atoms with E-state index in [1.54, 1.807) is 0 Å². The summed E-state index contributed by atoms with van der Waals surface area (Å²) in [6.07, 6.45) is 1.49. The first-order chi connectivity index (χ1) is 8.91. The SMILES string of the molecule is Cc1ccc(CC(CN)C2CCS(=O)(=O)C2)c(Cl)c1. The van der Waals surface area contributed by atoms with E-state index in [4.69, 9.17) is 17.3 Å². The van der Waals surface area contributed by atoms with Crippen molar-refractivity contribution in [3.8, 4) is 0 Å². The van der Waals surface area contributed by atoms with E-state index < -0.39 is 9.84 Å². The van der Waals surface area contributed by atoms with Crippen molar-refractivity contribution in [3.63, 3.8) is 0 Å². The minimum absolute atomic E-state index is 0.173. The smallest absolute Gasteiger partial charge is 0.150 e. The Labute approximate surface area is 120 Å². The lowest BCUT2D eigenvalue weighted by molar-refractivity contribution is 0.371. The number of nitrogens with two attached hydrogens (primary N) is 1. The molecular formula is C14H20ClNO2S.